The maximum absolute atomic E-state index is 5.60. The summed E-state index contributed by atoms with van der Waals surface area (Å²) in [6.07, 6.45) is 6.77. The third-order valence-corrected chi connectivity index (χ3v) is 4.49. The van der Waals surface area contributed by atoms with E-state index in [0.29, 0.717) is 6.04 Å². The molecule has 1 fully saturated rings. The molecule has 1 unspecified atom stereocenters. The van der Waals surface area contributed by atoms with Gasteiger partial charge in [-0.3, -0.25) is 0 Å². The second kappa shape index (κ2) is 6.44. The van der Waals surface area contributed by atoms with Crippen molar-refractivity contribution in [2.45, 2.75) is 57.5 Å². The molecule has 1 aliphatic carbocycles. The van der Waals surface area contributed by atoms with Crippen LogP contribution in [0, 0.1) is 6.92 Å². The molecule has 21 heavy (non-hydrogen) atoms. The van der Waals surface area contributed by atoms with E-state index in [1.54, 1.807) is 6.20 Å². The average molecular weight is 284 g/mol. The van der Waals surface area contributed by atoms with Crippen LogP contribution in [0.1, 0.15) is 61.8 Å². The fourth-order valence-electron chi connectivity index (χ4n) is 3.32. The number of oxazole rings is 1. The maximum atomic E-state index is 5.60. The summed E-state index contributed by atoms with van der Waals surface area (Å²) >= 11 is 0. The van der Waals surface area contributed by atoms with E-state index in [9.17, 15) is 0 Å². The standard InChI is InChI=1S/C18H24N2O/c1-13-12-19-18(21-13)14(2)20-17-10-8-16(9-11-17)15-6-4-3-5-7-15/h3-7,12,14,16-17,20H,8-11H2,1-2H3. The van der Waals surface area contributed by atoms with Gasteiger partial charge in [-0.05, 0) is 51.0 Å². The second-order valence-corrected chi connectivity index (χ2v) is 6.16. The van der Waals surface area contributed by atoms with E-state index < -0.39 is 0 Å². The molecule has 0 bridgehead atoms. The Morgan fingerprint density at radius 2 is 1.86 bits per heavy atom. The van der Waals surface area contributed by atoms with Crippen molar-refractivity contribution in [1.29, 1.82) is 0 Å². The van der Waals surface area contributed by atoms with Crippen LogP contribution >= 0.6 is 0 Å². The summed E-state index contributed by atoms with van der Waals surface area (Å²) in [7, 11) is 0. The normalized spacial score (nSPS) is 23.9. The quantitative estimate of drug-likeness (QED) is 0.906. The lowest BCUT2D eigenvalue weighted by Gasteiger charge is -2.30. The summed E-state index contributed by atoms with van der Waals surface area (Å²) < 4.78 is 5.60. The Kier molecular flexibility index (Phi) is 4.39. The van der Waals surface area contributed by atoms with Gasteiger partial charge in [0.25, 0.3) is 0 Å². The van der Waals surface area contributed by atoms with Gasteiger partial charge < -0.3 is 9.73 Å². The van der Waals surface area contributed by atoms with Gasteiger partial charge in [-0.1, -0.05) is 30.3 Å². The minimum atomic E-state index is 0.192. The van der Waals surface area contributed by atoms with Crippen LogP contribution in [0.3, 0.4) is 0 Å². The predicted octanol–water partition coefficient (Wildman–Crippen LogP) is 4.36. The number of benzene rings is 1. The van der Waals surface area contributed by atoms with Crippen LogP contribution in [0.4, 0.5) is 0 Å². The predicted molar refractivity (Wildman–Crippen MR) is 84.2 cm³/mol. The van der Waals surface area contributed by atoms with Gasteiger partial charge in [0.15, 0.2) is 0 Å². The Labute approximate surface area is 126 Å². The summed E-state index contributed by atoms with van der Waals surface area (Å²) in [6.45, 7) is 4.07. The molecule has 1 saturated carbocycles. The van der Waals surface area contributed by atoms with Crippen molar-refractivity contribution in [1.82, 2.24) is 10.3 Å². The van der Waals surface area contributed by atoms with Crippen LogP contribution in [0.5, 0.6) is 0 Å². The first kappa shape index (κ1) is 14.3. The van der Waals surface area contributed by atoms with Crippen molar-refractivity contribution < 1.29 is 4.42 Å². The van der Waals surface area contributed by atoms with Gasteiger partial charge in [0.1, 0.15) is 5.76 Å². The van der Waals surface area contributed by atoms with Crippen LogP contribution in [0.2, 0.25) is 0 Å². The van der Waals surface area contributed by atoms with Crippen molar-refractivity contribution >= 4 is 0 Å². The average Bonchev–Trinajstić information content (AvgIpc) is 2.96. The van der Waals surface area contributed by atoms with E-state index in [2.05, 4.69) is 47.6 Å². The molecule has 0 amide bonds. The summed E-state index contributed by atoms with van der Waals surface area (Å²) in [6, 6.07) is 11.7. The lowest BCUT2D eigenvalue weighted by atomic mass is 9.81. The Balaban J connectivity index is 1.52. The summed E-state index contributed by atoms with van der Waals surface area (Å²) in [5.41, 5.74) is 1.49. The molecule has 1 heterocycles. The molecular formula is C18H24N2O. The van der Waals surface area contributed by atoms with E-state index in [0.717, 1.165) is 17.6 Å². The Hall–Kier alpha value is -1.61. The molecule has 0 radical (unpaired) electrons. The Morgan fingerprint density at radius 1 is 1.14 bits per heavy atom. The fourth-order valence-corrected chi connectivity index (χ4v) is 3.32. The lowest BCUT2D eigenvalue weighted by molar-refractivity contribution is 0.298. The third kappa shape index (κ3) is 3.53. The van der Waals surface area contributed by atoms with Crippen LogP contribution in [0.15, 0.2) is 40.9 Å². The number of nitrogens with one attached hydrogen (secondary N) is 1. The number of aromatic nitrogens is 1. The van der Waals surface area contributed by atoms with Crippen LogP contribution < -0.4 is 5.32 Å². The summed E-state index contributed by atoms with van der Waals surface area (Å²) in [5, 5.41) is 3.66. The monoisotopic (exact) mass is 284 g/mol. The lowest BCUT2D eigenvalue weighted by Crippen LogP contribution is -2.34. The molecular weight excluding hydrogens is 260 g/mol. The molecule has 3 nitrogen and oxygen atoms in total. The number of hydrogen-bond acceptors (Lipinski definition) is 3. The molecule has 0 aliphatic heterocycles. The van der Waals surface area contributed by atoms with Gasteiger partial charge in [0.05, 0.1) is 12.2 Å². The number of rotatable bonds is 4. The topological polar surface area (TPSA) is 38.1 Å². The molecule has 2 aromatic rings. The number of aryl methyl sites for hydroxylation is 1. The van der Waals surface area contributed by atoms with Gasteiger partial charge in [0, 0.05) is 6.04 Å². The van der Waals surface area contributed by atoms with Crippen molar-refractivity contribution in [3.63, 3.8) is 0 Å². The zero-order valence-electron chi connectivity index (χ0n) is 12.9. The second-order valence-electron chi connectivity index (χ2n) is 6.16. The van der Waals surface area contributed by atoms with Crippen LogP contribution in [-0.4, -0.2) is 11.0 Å². The van der Waals surface area contributed by atoms with Crippen LogP contribution in [0.25, 0.3) is 0 Å². The SMILES string of the molecule is Cc1cnc(C(C)NC2CCC(c3ccccc3)CC2)o1. The van der Waals surface area contributed by atoms with Crippen molar-refractivity contribution in [2.75, 3.05) is 0 Å². The first-order chi connectivity index (χ1) is 10.2. The van der Waals surface area contributed by atoms with E-state index in [-0.39, 0.29) is 6.04 Å². The molecule has 3 heteroatoms. The third-order valence-electron chi connectivity index (χ3n) is 4.49. The molecule has 1 aromatic heterocycles. The molecule has 1 N–H and O–H groups in total. The smallest absolute Gasteiger partial charge is 0.211 e. The molecule has 1 aliphatic rings. The summed E-state index contributed by atoms with van der Waals surface area (Å²) in [5.74, 6) is 2.41. The molecule has 0 spiro atoms. The van der Waals surface area contributed by atoms with E-state index in [1.807, 2.05) is 6.92 Å². The largest absolute Gasteiger partial charge is 0.444 e. The van der Waals surface area contributed by atoms with Crippen molar-refractivity contribution in [2.24, 2.45) is 0 Å². The molecule has 3 rings (SSSR count). The Bertz CT molecular complexity index is 556. The highest BCUT2D eigenvalue weighted by Gasteiger charge is 2.24. The van der Waals surface area contributed by atoms with Crippen LogP contribution in [-0.2, 0) is 0 Å². The first-order valence-corrected chi connectivity index (χ1v) is 7.95. The highest BCUT2D eigenvalue weighted by molar-refractivity contribution is 5.20. The number of hydrogen-bond donors (Lipinski definition) is 1. The highest BCUT2D eigenvalue weighted by atomic mass is 16.4. The zero-order valence-corrected chi connectivity index (χ0v) is 12.9. The minimum absolute atomic E-state index is 0.192. The summed E-state index contributed by atoms with van der Waals surface area (Å²) in [4.78, 5) is 4.31. The van der Waals surface area contributed by atoms with Crippen molar-refractivity contribution in [3.8, 4) is 0 Å². The van der Waals surface area contributed by atoms with Crippen molar-refractivity contribution in [3.05, 3.63) is 53.7 Å². The molecule has 1 atom stereocenters. The zero-order chi connectivity index (χ0) is 14.7. The fraction of sp³-hybridized carbons (Fsp3) is 0.500. The first-order valence-electron chi connectivity index (χ1n) is 7.95. The van der Waals surface area contributed by atoms with E-state index >= 15 is 0 Å². The van der Waals surface area contributed by atoms with Gasteiger partial charge >= 0.3 is 0 Å². The van der Waals surface area contributed by atoms with Gasteiger partial charge in [0.2, 0.25) is 5.89 Å². The van der Waals surface area contributed by atoms with E-state index in [1.165, 1.54) is 31.2 Å². The molecule has 1 aromatic carbocycles. The van der Waals surface area contributed by atoms with E-state index in [4.69, 9.17) is 4.42 Å². The van der Waals surface area contributed by atoms with Gasteiger partial charge in [-0.2, -0.15) is 0 Å². The highest BCUT2D eigenvalue weighted by Crippen LogP contribution is 2.33. The maximum Gasteiger partial charge on any atom is 0.211 e. The van der Waals surface area contributed by atoms with Gasteiger partial charge in [-0.25, -0.2) is 4.98 Å². The minimum Gasteiger partial charge on any atom is -0.444 e. The molecule has 0 saturated heterocycles. The van der Waals surface area contributed by atoms with Gasteiger partial charge in [-0.15, -0.1) is 0 Å². The Morgan fingerprint density at radius 3 is 2.48 bits per heavy atom. The molecule has 112 valence electrons. The number of nitrogens with zero attached hydrogens (tertiary/aromatic N) is 1.